The predicted octanol–water partition coefficient (Wildman–Crippen LogP) is 1.94. The number of amidine groups is 1. The van der Waals surface area contributed by atoms with Crippen molar-refractivity contribution in [3.63, 3.8) is 0 Å². The average molecular weight is 243 g/mol. The monoisotopic (exact) mass is 242 g/mol. The van der Waals surface area contributed by atoms with Crippen molar-refractivity contribution in [3.05, 3.63) is 34.1 Å². The highest BCUT2D eigenvalue weighted by molar-refractivity contribution is 9.10. The van der Waals surface area contributed by atoms with Gasteiger partial charge in [-0.25, -0.2) is 4.39 Å². The maximum Gasteiger partial charge on any atom is 0.128 e. The number of hydrogen-bond donors (Lipinski definition) is 1. The summed E-state index contributed by atoms with van der Waals surface area (Å²) in [6.07, 6.45) is 0. The molecule has 68 valence electrons. The molecule has 0 aromatic heterocycles. The zero-order chi connectivity index (χ0) is 9.26. The largest absolute Gasteiger partial charge is 0.368 e. The van der Waals surface area contributed by atoms with Crippen LogP contribution in [0.1, 0.15) is 5.56 Å². The van der Waals surface area contributed by atoms with Gasteiger partial charge in [-0.05, 0) is 18.2 Å². The Labute approximate surface area is 84.0 Å². The van der Waals surface area contributed by atoms with E-state index in [1.165, 1.54) is 12.1 Å². The van der Waals surface area contributed by atoms with E-state index in [-0.39, 0.29) is 5.82 Å². The fourth-order valence-corrected chi connectivity index (χ4v) is 1.75. The molecule has 13 heavy (non-hydrogen) atoms. The highest BCUT2D eigenvalue weighted by atomic mass is 79.9. The fourth-order valence-electron chi connectivity index (χ4n) is 1.28. The lowest BCUT2D eigenvalue weighted by atomic mass is 10.2. The number of nitrogens with zero attached hydrogens (tertiary/aromatic N) is 1. The molecule has 0 spiro atoms. The normalized spacial score (nSPS) is 15.4. The Bertz CT molecular complexity index is 342. The summed E-state index contributed by atoms with van der Waals surface area (Å²) in [5.74, 6) is 0.529. The second-order valence-electron chi connectivity index (χ2n) is 2.82. The maximum absolute atomic E-state index is 13.0. The molecule has 1 aliphatic heterocycles. The van der Waals surface area contributed by atoms with Crippen LogP contribution in [0.5, 0.6) is 0 Å². The summed E-state index contributed by atoms with van der Waals surface area (Å²) < 4.78 is 13.7. The third-order valence-electron chi connectivity index (χ3n) is 1.81. The highest BCUT2D eigenvalue weighted by Crippen LogP contribution is 2.15. The lowest BCUT2D eigenvalue weighted by Crippen LogP contribution is -2.19. The van der Waals surface area contributed by atoms with E-state index in [9.17, 15) is 4.39 Å². The summed E-state index contributed by atoms with van der Waals surface area (Å²) in [6.45, 7) is 1.60. The van der Waals surface area contributed by atoms with Gasteiger partial charge in [-0.2, -0.15) is 0 Å². The molecule has 0 radical (unpaired) electrons. The first-order valence-electron chi connectivity index (χ1n) is 4.00. The number of halogens is 2. The van der Waals surface area contributed by atoms with Crippen molar-refractivity contribution in [1.82, 2.24) is 5.32 Å². The van der Waals surface area contributed by atoms with Gasteiger partial charge in [0.1, 0.15) is 11.7 Å². The second-order valence-corrected chi connectivity index (χ2v) is 3.73. The van der Waals surface area contributed by atoms with E-state index in [1.807, 2.05) is 6.07 Å². The van der Waals surface area contributed by atoms with Crippen LogP contribution in [0.2, 0.25) is 0 Å². The number of benzene rings is 1. The van der Waals surface area contributed by atoms with Crippen LogP contribution in [-0.2, 0) is 0 Å². The van der Waals surface area contributed by atoms with Gasteiger partial charge in [0.05, 0.1) is 6.54 Å². The van der Waals surface area contributed by atoms with Crippen molar-refractivity contribution >= 4 is 21.8 Å². The number of aliphatic imine (C=N–C) groups is 1. The average Bonchev–Trinajstić information content (AvgIpc) is 2.53. The predicted molar refractivity (Wildman–Crippen MR) is 53.5 cm³/mol. The molecular weight excluding hydrogens is 235 g/mol. The van der Waals surface area contributed by atoms with Crippen molar-refractivity contribution in [3.8, 4) is 0 Å². The van der Waals surface area contributed by atoms with E-state index >= 15 is 0 Å². The van der Waals surface area contributed by atoms with E-state index in [2.05, 4.69) is 26.2 Å². The van der Waals surface area contributed by atoms with Gasteiger partial charge in [0.15, 0.2) is 0 Å². The molecule has 4 heteroatoms. The topological polar surface area (TPSA) is 24.4 Å². The van der Waals surface area contributed by atoms with Gasteiger partial charge in [-0.3, -0.25) is 4.99 Å². The molecule has 0 saturated heterocycles. The minimum atomic E-state index is -0.249. The molecule has 1 N–H and O–H groups in total. The Kier molecular flexibility index (Phi) is 2.31. The number of hydrogen-bond acceptors (Lipinski definition) is 2. The first kappa shape index (κ1) is 8.69. The lowest BCUT2D eigenvalue weighted by molar-refractivity contribution is 0.626. The molecule has 0 bridgehead atoms. The first-order valence-corrected chi connectivity index (χ1v) is 4.80. The van der Waals surface area contributed by atoms with E-state index in [4.69, 9.17) is 0 Å². The standard InChI is InChI=1S/C9H8BrFN2/c10-7-3-6(4-8(11)5-7)9-12-1-2-13-9/h3-5H,1-2H2,(H,12,13). The maximum atomic E-state index is 13.0. The second kappa shape index (κ2) is 3.46. The van der Waals surface area contributed by atoms with Gasteiger partial charge in [-0.15, -0.1) is 0 Å². The Balaban J connectivity index is 2.39. The van der Waals surface area contributed by atoms with E-state index in [0.29, 0.717) is 0 Å². The number of rotatable bonds is 1. The van der Waals surface area contributed by atoms with Gasteiger partial charge in [0.25, 0.3) is 0 Å². The Hall–Kier alpha value is -0.900. The smallest absolute Gasteiger partial charge is 0.128 e. The van der Waals surface area contributed by atoms with Crippen LogP contribution in [0.3, 0.4) is 0 Å². The van der Waals surface area contributed by atoms with Crippen molar-refractivity contribution in [2.24, 2.45) is 4.99 Å². The quantitative estimate of drug-likeness (QED) is 0.800. The van der Waals surface area contributed by atoms with Crippen LogP contribution < -0.4 is 5.32 Å². The van der Waals surface area contributed by atoms with Crippen molar-refractivity contribution in [2.75, 3.05) is 13.1 Å². The molecule has 0 amide bonds. The van der Waals surface area contributed by atoms with Gasteiger partial charge in [0.2, 0.25) is 0 Å². The summed E-state index contributed by atoms with van der Waals surface area (Å²) in [5.41, 5.74) is 0.796. The van der Waals surface area contributed by atoms with Crippen LogP contribution in [0.25, 0.3) is 0 Å². The SMILES string of the molecule is Fc1cc(Br)cc(C2=NCCN2)c1. The molecular formula is C9H8BrFN2. The van der Waals surface area contributed by atoms with E-state index in [1.54, 1.807) is 0 Å². The van der Waals surface area contributed by atoms with Crippen LogP contribution in [0, 0.1) is 5.82 Å². The Morgan fingerprint density at radius 2 is 2.23 bits per heavy atom. The molecule has 1 aliphatic rings. The van der Waals surface area contributed by atoms with Crippen LogP contribution in [0.15, 0.2) is 27.7 Å². The molecule has 0 atom stereocenters. The van der Waals surface area contributed by atoms with Gasteiger partial charge in [-0.1, -0.05) is 15.9 Å². The highest BCUT2D eigenvalue weighted by Gasteiger charge is 2.09. The molecule has 1 aromatic rings. The van der Waals surface area contributed by atoms with Crippen LogP contribution >= 0.6 is 15.9 Å². The van der Waals surface area contributed by atoms with E-state index in [0.717, 1.165) is 29.0 Å². The van der Waals surface area contributed by atoms with Crippen LogP contribution in [0.4, 0.5) is 4.39 Å². The molecule has 0 saturated carbocycles. The summed E-state index contributed by atoms with van der Waals surface area (Å²) in [7, 11) is 0. The summed E-state index contributed by atoms with van der Waals surface area (Å²) in [4.78, 5) is 4.21. The summed E-state index contributed by atoms with van der Waals surface area (Å²) in [5, 5.41) is 3.09. The Morgan fingerprint density at radius 3 is 2.85 bits per heavy atom. The first-order chi connectivity index (χ1) is 6.25. The minimum Gasteiger partial charge on any atom is -0.368 e. The molecule has 0 fully saturated rings. The molecule has 0 aliphatic carbocycles. The van der Waals surface area contributed by atoms with Gasteiger partial charge in [0, 0.05) is 16.6 Å². The zero-order valence-electron chi connectivity index (χ0n) is 6.85. The van der Waals surface area contributed by atoms with Crippen molar-refractivity contribution < 1.29 is 4.39 Å². The fraction of sp³-hybridized carbons (Fsp3) is 0.222. The lowest BCUT2D eigenvalue weighted by Gasteiger charge is -2.02. The molecule has 1 aromatic carbocycles. The van der Waals surface area contributed by atoms with E-state index < -0.39 is 0 Å². The van der Waals surface area contributed by atoms with Crippen molar-refractivity contribution in [1.29, 1.82) is 0 Å². The molecule has 1 heterocycles. The summed E-state index contributed by atoms with van der Waals surface area (Å²) >= 11 is 3.24. The molecule has 2 nitrogen and oxygen atoms in total. The zero-order valence-corrected chi connectivity index (χ0v) is 8.44. The third-order valence-corrected chi connectivity index (χ3v) is 2.27. The third kappa shape index (κ3) is 1.88. The molecule has 2 rings (SSSR count). The van der Waals surface area contributed by atoms with Gasteiger partial charge < -0.3 is 5.32 Å². The molecule has 0 unspecified atom stereocenters. The minimum absolute atomic E-state index is 0.249. The number of nitrogens with one attached hydrogen (secondary N) is 1. The Morgan fingerprint density at radius 1 is 1.38 bits per heavy atom. The van der Waals surface area contributed by atoms with Crippen molar-refractivity contribution in [2.45, 2.75) is 0 Å². The van der Waals surface area contributed by atoms with Gasteiger partial charge >= 0.3 is 0 Å². The van der Waals surface area contributed by atoms with Crippen LogP contribution in [-0.4, -0.2) is 18.9 Å². The summed E-state index contributed by atoms with van der Waals surface area (Å²) in [6, 6.07) is 4.75.